The Kier molecular flexibility index (Phi) is 4.80. The fourth-order valence-corrected chi connectivity index (χ4v) is 3.37. The Hall–Kier alpha value is -2.91. The molecule has 1 fully saturated rings. The molecule has 3 aromatic carbocycles. The standard InChI is InChI=1S/C23H21NO2/c25-23(21-12-6-10-19-9-4-5-11-20(19)21)22(24-13-15-26-16-14-24)17-18-7-2-1-3-8-18/h1-12,17H,13-16H2/b22-17+. The van der Waals surface area contributed by atoms with Crippen LogP contribution in [0.1, 0.15) is 15.9 Å². The third kappa shape index (κ3) is 3.39. The van der Waals surface area contributed by atoms with Gasteiger partial charge in [-0.15, -0.1) is 0 Å². The van der Waals surface area contributed by atoms with E-state index < -0.39 is 0 Å². The molecule has 0 aliphatic carbocycles. The van der Waals surface area contributed by atoms with E-state index in [2.05, 4.69) is 4.90 Å². The van der Waals surface area contributed by atoms with Gasteiger partial charge in [0.05, 0.1) is 18.9 Å². The van der Waals surface area contributed by atoms with Crippen LogP contribution >= 0.6 is 0 Å². The van der Waals surface area contributed by atoms with Crippen LogP contribution in [0.15, 0.2) is 78.5 Å². The molecule has 4 rings (SSSR count). The first kappa shape index (κ1) is 16.6. The van der Waals surface area contributed by atoms with E-state index in [1.54, 1.807) is 0 Å². The fraction of sp³-hybridized carbons (Fsp3) is 0.174. The normalized spacial score (nSPS) is 15.2. The maximum absolute atomic E-state index is 13.5. The average molecular weight is 343 g/mol. The van der Waals surface area contributed by atoms with Gasteiger partial charge in [0.2, 0.25) is 5.78 Å². The van der Waals surface area contributed by atoms with E-state index in [1.807, 2.05) is 78.9 Å². The van der Waals surface area contributed by atoms with E-state index in [9.17, 15) is 4.79 Å². The fourth-order valence-electron chi connectivity index (χ4n) is 3.37. The molecule has 0 unspecified atom stereocenters. The van der Waals surface area contributed by atoms with Crippen molar-refractivity contribution < 1.29 is 9.53 Å². The number of allylic oxidation sites excluding steroid dienone is 1. The molecule has 3 nitrogen and oxygen atoms in total. The molecule has 0 atom stereocenters. The first-order valence-electron chi connectivity index (χ1n) is 8.95. The number of morpholine rings is 1. The highest BCUT2D eigenvalue weighted by atomic mass is 16.5. The third-order valence-electron chi connectivity index (χ3n) is 4.72. The average Bonchev–Trinajstić information content (AvgIpc) is 2.72. The molecule has 0 saturated carbocycles. The summed E-state index contributed by atoms with van der Waals surface area (Å²) in [6.45, 7) is 2.76. The number of hydrogen-bond donors (Lipinski definition) is 0. The summed E-state index contributed by atoms with van der Waals surface area (Å²) in [5.41, 5.74) is 2.51. The summed E-state index contributed by atoms with van der Waals surface area (Å²) in [7, 11) is 0. The quantitative estimate of drug-likeness (QED) is 0.519. The van der Waals surface area contributed by atoms with Crippen LogP contribution in [0.25, 0.3) is 16.8 Å². The van der Waals surface area contributed by atoms with Gasteiger partial charge in [-0.05, 0) is 22.4 Å². The van der Waals surface area contributed by atoms with Gasteiger partial charge in [0.25, 0.3) is 0 Å². The largest absolute Gasteiger partial charge is 0.378 e. The monoisotopic (exact) mass is 343 g/mol. The van der Waals surface area contributed by atoms with Crippen LogP contribution in [-0.4, -0.2) is 37.0 Å². The van der Waals surface area contributed by atoms with Crippen LogP contribution in [0, 0.1) is 0 Å². The summed E-state index contributed by atoms with van der Waals surface area (Å²) in [4.78, 5) is 15.7. The van der Waals surface area contributed by atoms with Gasteiger partial charge in [-0.1, -0.05) is 72.8 Å². The highest BCUT2D eigenvalue weighted by Crippen LogP contribution is 2.24. The number of ether oxygens (including phenoxy) is 1. The number of carbonyl (C=O) groups is 1. The second kappa shape index (κ2) is 7.54. The van der Waals surface area contributed by atoms with Gasteiger partial charge in [-0.3, -0.25) is 4.79 Å². The lowest BCUT2D eigenvalue weighted by molar-refractivity contribution is 0.0513. The Labute approximate surface area is 153 Å². The molecule has 0 spiro atoms. The van der Waals surface area contributed by atoms with Crippen molar-refractivity contribution in [2.24, 2.45) is 0 Å². The van der Waals surface area contributed by atoms with E-state index in [0.717, 1.165) is 40.7 Å². The van der Waals surface area contributed by atoms with Gasteiger partial charge >= 0.3 is 0 Å². The van der Waals surface area contributed by atoms with Gasteiger partial charge in [-0.25, -0.2) is 0 Å². The van der Waals surface area contributed by atoms with Crippen LogP contribution < -0.4 is 0 Å². The van der Waals surface area contributed by atoms with E-state index in [-0.39, 0.29) is 5.78 Å². The number of nitrogens with zero attached hydrogens (tertiary/aromatic N) is 1. The molecule has 3 aromatic rings. The molecular formula is C23H21NO2. The molecule has 1 saturated heterocycles. The molecular weight excluding hydrogens is 322 g/mol. The van der Waals surface area contributed by atoms with Crippen molar-refractivity contribution in [2.75, 3.05) is 26.3 Å². The zero-order chi connectivity index (χ0) is 17.8. The lowest BCUT2D eigenvalue weighted by atomic mass is 9.98. The van der Waals surface area contributed by atoms with Gasteiger partial charge in [0.15, 0.2) is 0 Å². The summed E-state index contributed by atoms with van der Waals surface area (Å²) >= 11 is 0. The van der Waals surface area contributed by atoms with Crippen molar-refractivity contribution in [3.8, 4) is 0 Å². The Morgan fingerprint density at radius 1 is 0.846 bits per heavy atom. The first-order valence-corrected chi connectivity index (χ1v) is 8.95. The van der Waals surface area contributed by atoms with Crippen molar-refractivity contribution >= 4 is 22.6 Å². The van der Waals surface area contributed by atoms with Gasteiger partial charge < -0.3 is 9.64 Å². The molecule has 130 valence electrons. The number of fused-ring (bicyclic) bond motifs is 1. The highest BCUT2D eigenvalue weighted by Gasteiger charge is 2.22. The van der Waals surface area contributed by atoms with E-state index in [1.165, 1.54) is 0 Å². The number of hydrogen-bond acceptors (Lipinski definition) is 3. The van der Waals surface area contributed by atoms with Crippen LogP contribution in [-0.2, 0) is 4.74 Å². The van der Waals surface area contributed by atoms with Crippen molar-refractivity contribution in [2.45, 2.75) is 0 Å². The number of rotatable bonds is 4. The minimum atomic E-state index is 0.0625. The molecule has 3 heteroatoms. The second-order valence-electron chi connectivity index (χ2n) is 6.40. The summed E-state index contributed by atoms with van der Waals surface area (Å²) in [6, 6.07) is 24.0. The number of carbonyl (C=O) groups excluding carboxylic acids is 1. The summed E-state index contributed by atoms with van der Waals surface area (Å²) in [6.07, 6.45) is 2.00. The number of ketones is 1. The van der Waals surface area contributed by atoms with Crippen LogP contribution in [0.5, 0.6) is 0 Å². The van der Waals surface area contributed by atoms with E-state index in [4.69, 9.17) is 4.74 Å². The summed E-state index contributed by atoms with van der Waals surface area (Å²) in [5, 5.41) is 2.08. The Bertz CT molecular complexity index is 935. The van der Waals surface area contributed by atoms with Crippen molar-refractivity contribution in [3.05, 3.63) is 89.6 Å². The van der Waals surface area contributed by atoms with Crippen LogP contribution in [0.3, 0.4) is 0 Å². The zero-order valence-electron chi connectivity index (χ0n) is 14.6. The second-order valence-corrected chi connectivity index (χ2v) is 6.40. The molecule has 0 radical (unpaired) electrons. The van der Waals surface area contributed by atoms with Crippen molar-refractivity contribution in [1.29, 1.82) is 0 Å². The molecule has 0 aromatic heterocycles. The molecule has 0 amide bonds. The third-order valence-corrected chi connectivity index (χ3v) is 4.72. The zero-order valence-corrected chi connectivity index (χ0v) is 14.6. The van der Waals surface area contributed by atoms with Gasteiger partial charge in [-0.2, -0.15) is 0 Å². The SMILES string of the molecule is O=C(/C(=C\c1ccccc1)N1CCOCC1)c1cccc2ccccc12. The molecule has 0 bridgehead atoms. The predicted octanol–water partition coefficient (Wildman–Crippen LogP) is 4.40. The van der Waals surface area contributed by atoms with Crippen LogP contribution in [0.4, 0.5) is 0 Å². The minimum Gasteiger partial charge on any atom is -0.378 e. The lowest BCUT2D eigenvalue weighted by Crippen LogP contribution is -2.38. The highest BCUT2D eigenvalue weighted by molar-refractivity contribution is 6.17. The Morgan fingerprint density at radius 3 is 2.35 bits per heavy atom. The molecule has 1 aliphatic heterocycles. The van der Waals surface area contributed by atoms with Crippen molar-refractivity contribution in [1.82, 2.24) is 4.90 Å². The van der Waals surface area contributed by atoms with Gasteiger partial charge in [0, 0.05) is 18.7 Å². The molecule has 0 N–H and O–H groups in total. The minimum absolute atomic E-state index is 0.0625. The molecule has 1 heterocycles. The van der Waals surface area contributed by atoms with E-state index >= 15 is 0 Å². The van der Waals surface area contributed by atoms with Crippen molar-refractivity contribution in [3.63, 3.8) is 0 Å². The number of Topliss-reactive ketones (excluding diaryl/α,β-unsaturated/α-hetero) is 1. The van der Waals surface area contributed by atoms with E-state index in [0.29, 0.717) is 13.2 Å². The van der Waals surface area contributed by atoms with Crippen LogP contribution in [0.2, 0.25) is 0 Å². The maximum Gasteiger partial charge on any atom is 0.209 e. The predicted molar refractivity (Wildman–Crippen MR) is 105 cm³/mol. The topological polar surface area (TPSA) is 29.5 Å². The number of benzene rings is 3. The first-order chi connectivity index (χ1) is 12.8. The summed E-state index contributed by atoms with van der Waals surface area (Å²) in [5.74, 6) is 0.0625. The molecule has 26 heavy (non-hydrogen) atoms. The van der Waals surface area contributed by atoms with Gasteiger partial charge in [0.1, 0.15) is 0 Å². The Balaban J connectivity index is 1.80. The summed E-state index contributed by atoms with van der Waals surface area (Å²) < 4.78 is 5.48. The smallest absolute Gasteiger partial charge is 0.209 e. The maximum atomic E-state index is 13.5. The Morgan fingerprint density at radius 2 is 1.54 bits per heavy atom. The lowest BCUT2D eigenvalue weighted by Gasteiger charge is -2.30. The molecule has 1 aliphatic rings.